The number of halogens is 2. The van der Waals surface area contributed by atoms with Gasteiger partial charge in [0.15, 0.2) is 38.3 Å². The van der Waals surface area contributed by atoms with E-state index in [4.69, 9.17) is 95.5 Å². The third-order valence-corrected chi connectivity index (χ3v) is 23.4. The first-order valence-electron chi connectivity index (χ1n) is 45.5. The summed E-state index contributed by atoms with van der Waals surface area (Å²) in [5, 5.41) is 31.6. The molecule has 0 aliphatic carbocycles. The number of aryl methyl sites for hydroxylation is 1. The van der Waals surface area contributed by atoms with Gasteiger partial charge in [-0.2, -0.15) is 9.49 Å². The van der Waals surface area contributed by atoms with Gasteiger partial charge in [0.25, 0.3) is 11.4 Å². The maximum atomic E-state index is 14.6. The molecule has 12 rings (SSSR count). The van der Waals surface area contributed by atoms with Gasteiger partial charge in [-0.15, -0.1) is 11.3 Å². The van der Waals surface area contributed by atoms with Crippen LogP contribution in [0.15, 0.2) is 273 Å². The smallest absolute Gasteiger partial charge is 0.366 e. The number of hydrogen-bond donors (Lipinski definition) is 3. The van der Waals surface area contributed by atoms with Gasteiger partial charge in [-0.3, -0.25) is 5.43 Å². The van der Waals surface area contributed by atoms with Gasteiger partial charge in [0, 0.05) is 48.2 Å². The summed E-state index contributed by atoms with van der Waals surface area (Å²) in [6, 6.07) is 49.1. The van der Waals surface area contributed by atoms with Crippen LogP contribution in [-0.4, -0.2) is 122 Å². The number of allylic oxidation sites excluding steroid dienone is 7. The lowest BCUT2D eigenvalue weighted by Crippen LogP contribution is -2.12. The molecule has 0 aliphatic rings. The molecule has 0 amide bonds. The summed E-state index contributed by atoms with van der Waals surface area (Å²) in [5.74, 6) is 1.000. The first-order valence-corrected chi connectivity index (χ1v) is 48.0. The summed E-state index contributed by atoms with van der Waals surface area (Å²) in [7, 11) is 0. The summed E-state index contributed by atoms with van der Waals surface area (Å²) in [5.41, 5.74) is 6.00. The van der Waals surface area contributed by atoms with Crippen LogP contribution in [0.3, 0.4) is 0 Å². The van der Waals surface area contributed by atoms with Crippen molar-refractivity contribution < 1.29 is 104 Å². The quantitative estimate of drug-likeness (QED) is 0.00272. The number of unbranched alkanes of at least 4 members (excludes halogenated alkanes) is 9. The second-order valence-electron chi connectivity index (χ2n) is 31.0. The molecule has 0 saturated carbocycles. The molecule has 0 bridgehead atoms. The molecule has 0 saturated heterocycles. The minimum absolute atomic E-state index is 0.0255. The number of nitrogens with zero attached hydrogens (tertiary/aromatic N) is 8. The number of hydrazone groups is 1. The van der Waals surface area contributed by atoms with E-state index >= 15 is 0 Å². The molecule has 9 aromatic carbocycles. The number of carbonyl (C=O) groups excluding carboxylic acids is 8. The number of aromatic nitrogens is 3. The Balaban J connectivity index is 0.000000279. The van der Waals surface area contributed by atoms with Gasteiger partial charge in [-0.1, -0.05) is 110 Å². The lowest BCUT2D eigenvalue weighted by molar-refractivity contribution is -0.141. The number of benzene rings is 9. The van der Waals surface area contributed by atoms with Gasteiger partial charge in [-0.25, -0.2) is 77.9 Å². The Morgan fingerprint density at radius 2 is 0.884 bits per heavy atom. The minimum Gasteiger partial charge on any atom is -0.494 e. The minimum atomic E-state index is -1.21. The molecule has 3 N–H and O–H groups in total. The van der Waals surface area contributed by atoms with Gasteiger partial charge in [-0.05, 0) is 252 Å². The Morgan fingerprint density at radius 1 is 0.466 bits per heavy atom. The molecule has 12 aromatic rings. The third-order valence-electron chi connectivity index (χ3n) is 20.4. The largest absolute Gasteiger partial charge is 0.494 e. The number of esters is 8. The number of nitriles is 2. The van der Waals surface area contributed by atoms with Crippen LogP contribution in [0.5, 0.6) is 46.0 Å². The Kier molecular flexibility index (Phi) is 42.8. The molecule has 3 heterocycles. The van der Waals surface area contributed by atoms with Gasteiger partial charge >= 0.3 is 47.8 Å². The van der Waals surface area contributed by atoms with E-state index in [1.54, 1.807) is 97.9 Å². The monoisotopic (exact) mass is 2020 g/mol. The van der Waals surface area contributed by atoms with Gasteiger partial charge in [0.1, 0.15) is 59.5 Å². The van der Waals surface area contributed by atoms with Crippen molar-refractivity contribution >= 4 is 151 Å². The van der Waals surface area contributed by atoms with Crippen molar-refractivity contribution in [2.75, 3.05) is 68.9 Å². The highest BCUT2D eigenvalue weighted by molar-refractivity contribution is 7.24. The molecule has 36 heteroatoms. The molecule has 0 atom stereocenters. The van der Waals surface area contributed by atoms with Gasteiger partial charge < -0.3 is 67.5 Å². The van der Waals surface area contributed by atoms with E-state index in [0.29, 0.717) is 85.0 Å². The van der Waals surface area contributed by atoms with Crippen LogP contribution in [-0.2, 0) is 38.1 Å². The normalized spacial score (nSPS) is 11.1. The number of nitrogens with one attached hydrogen (secondary N) is 3. The molecule has 31 nitrogen and oxygen atoms in total. The highest BCUT2D eigenvalue weighted by Gasteiger charge is 2.30. The van der Waals surface area contributed by atoms with E-state index in [2.05, 4.69) is 69.0 Å². The molecule has 742 valence electrons. The molecule has 0 fully saturated rings. The van der Waals surface area contributed by atoms with E-state index in [0.717, 1.165) is 139 Å². The molecule has 0 radical (unpaired) electrons. The zero-order valence-electron chi connectivity index (χ0n) is 78.9. The fourth-order valence-corrected chi connectivity index (χ4v) is 15.9. The van der Waals surface area contributed by atoms with Crippen molar-refractivity contribution in [3.63, 3.8) is 0 Å². The molecule has 3 aromatic heterocycles. The van der Waals surface area contributed by atoms with Crippen molar-refractivity contribution in [3.8, 4) is 70.0 Å². The predicted octanol–water partition coefficient (Wildman–Crippen LogP) is 23.5. The maximum absolute atomic E-state index is 14.6. The van der Waals surface area contributed by atoms with Crippen LogP contribution >= 0.6 is 34.0 Å². The number of carbonyl (C=O) groups is 8. The molecular weight excluding hydrogens is 1930 g/mol. The lowest BCUT2D eigenvalue weighted by atomic mass is 10.1. The number of fused-ring (bicyclic) bond motifs is 4. The van der Waals surface area contributed by atoms with Crippen LogP contribution < -0.4 is 54.0 Å². The molecule has 0 unspecified atom stereocenters. The van der Waals surface area contributed by atoms with Gasteiger partial charge in [0.2, 0.25) is 5.83 Å². The summed E-state index contributed by atoms with van der Waals surface area (Å²) in [4.78, 5) is 121. The first-order chi connectivity index (χ1) is 71.0. The first kappa shape index (κ1) is 108. The molecule has 146 heavy (non-hydrogen) atoms. The van der Waals surface area contributed by atoms with Gasteiger partial charge in [0.05, 0.1) is 112 Å². The van der Waals surface area contributed by atoms with Crippen LogP contribution in [0.1, 0.15) is 147 Å². The summed E-state index contributed by atoms with van der Waals surface area (Å²) in [6.45, 7) is 31.4. The Morgan fingerprint density at radius 3 is 1.32 bits per heavy atom. The van der Waals surface area contributed by atoms with Crippen LogP contribution in [0, 0.1) is 60.4 Å². The van der Waals surface area contributed by atoms with E-state index in [1.807, 2.05) is 42.5 Å². The lowest BCUT2D eigenvalue weighted by Gasteiger charge is -2.13. The Labute approximate surface area is 850 Å². The zero-order chi connectivity index (χ0) is 104. The summed E-state index contributed by atoms with van der Waals surface area (Å²) >= 11 is 3.15. The molecule has 0 aliphatic heterocycles. The van der Waals surface area contributed by atoms with Crippen molar-refractivity contribution in [3.05, 3.63) is 341 Å². The number of ether oxygens (including phenoxy) is 12. The highest BCUT2D eigenvalue weighted by atomic mass is 32.1. The van der Waals surface area contributed by atoms with E-state index < -0.39 is 53.6 Å². The Bertz CT molecular complexity index is 7070. The molecular formula is C110H95F2N11O20S3. The van der Waals surface area contributed by atoms with Crippen molar-refractivity contribution in [1.29, 1.82) is 10.5 Å². The second-order valence-corrected chi connectivity index (χ2v) is 34.0. The zero-order valence-corrected chi connectivity index (χ0v) is 81.4. The summed E-state index contributed by atoms with van der Waals surface area (Å²) in [6.07, 6.45) is 26.2. The standard InChI is InChI=1S/C61H56FN3O10S.C49H39FN8O10S2/c1-4-55(66)72-36-16-8-6-14-34-70-50-30-25-45(26-31-50)60(68)74-53-40-48(41-63-65-49-29-24-43-18-10-11-20-47(43)39-49)58(59-57(53)64-54(76-59)21-13-12-19-44-23-22-42(3)38-52(44)62)75-61(69)46-27-32-51(33-28-46)71-35-15-7-9-17-37-73-56(67)5-2;1-5-38(59)65-26-9-7-6-8-25-63-36-19-15-32(16-20-36)46(61)67-41-39-44(70-48(57-39)55-23-10-13-34(29-51)53-3)42(40-43(41)69-49(58-40)56-24-11-14-35(30-52)54-4)68-47(62)33-17-21-37(22-18-33)64-27-12-28-66-45(60)31(2)50/h4-5,10-12,18-20,22-33,38-41,65H,1-2,6-9,14-17,34-37H2,3H3;5,10-11,13-24H,1-2,6-9,12,25-28H2,(H,55,57)(H,56,58)/b19-12+,63-41+;23-10+,24-11+,34-13+,35-14-. The average molecular weight is 2030 g/mol. The van der Waals surface area contributed by atoms with E-state index in [9.17, 15) is 47.1 Å². The van der Waals surface area contributed by atoms with E-state index in [-0.39, 0.29) is 129 Å². The van der Waals surface area contributed by atoms with Crippen molar-refractivity contribution in [2.24, 2.45) is 5.10 Å². The number of hydrogen-bond acceptors (Lipinski definition) is 32. The Hall–Kier alpha value is -18.0. The SMILES string of the molecule is C=CC(=O)OCCCCCCOc1ccc(C(=O)Oc2cc(/C=N/Nc3ccc4ccccc4c3)c(OC(=O)c3ccc(OCCCCCCOC(=O)C=C)cc3)c3sc(C#C/C=C/c4ccc(C)cc4F)nc23)cc1.[C-]#[N+]/C(C#N)=C\C=C\Nc1nc2c(OC(=O)c3ccc(OCCCOC(=O)C(=C)F)cc3)c3sc(N/C=C/C=C(\C#N)[N+]#[C-])nc3c(OC(=O)c3ccc(OCCCCCCOC(=O)C=C)cc3)c2s1. The average Bonchev–Trinajstić information content (AvgIpc) is 1.58. The second kappa shape index (κ2) is 57.6. The summed E-state index contributed by atoms with van der Waals surface area (Å²) < 4.78 is 95.9. The number of thiazole rings is 3. The van der Waals surface area contributed by atoms with Crippen molar-refractivity contribution in [2.45, 2.75) is 90.4 Å². The fraction of sp³-hybridized carbons (Fsp3) is 0.200. The fourth-order valence-electron chi connectivity index (χ4n) is 13.1. The predicted molar refractivity (Wildman–Crippen MR) is 553 cm³/mol. The van der Waals surface area contributed by atoms with Crippen LogP contribution in [0.4, 0.5) is 24.7 Å². The van der Waals surface area contributed by atoms with Crippen LogP contribution in [0.2, 0.25) is 0 Å². The van der Waals surface area contributed by atoms with Crippen LogP contribution in [0.25, 0.3) is 57.2 Å². The third kappa shape index (κ3) is 33.9. The number of rotatable bonds is 51. The maximum Gasteiger partial charge on any atom is 0.366 e. The molecule has 0 spiro atoms. The number of anilines is 3. The van der Waals surface area contributed by atoms with Crippen molar-refractivity contribution in [1.82, 2.24) is 15.0 Å². The highest BCUT2D eigenvalue weighted by Crippen LogP contribution is 2.50. The van der Waals surface area contributed by atoms with E-state index in [1.165, 1.54) is 97.5 Å². The topological polar surface area (TPSA) is 391 Å².